The van der Waals surface area contributed by atoms with Gasteiger partial charge in [-0.25, -0.2) is 0 Å². The van der Waals surface area contributed by atoms with Gasteiger partial charge in [-0.15, -0.1) is 0 Å². The summed E-state index contributed by atoms with van der Waals surface area (Å²) in [6, 6.07) is 6.69. The van der Waals surface area contributed by atoms with Gasteiger partial charge in [-0.2, -0.15) is 0 Å². The molecule has 0 aromatic heterocycles. The number of nitrogens with zero attached hydrogens (tertiary/aromatic N) is 1. The molecule has 2 aliphatic heterocycles. The van der Waals surface area contributed by atoms with Gasteiger partial charge in [0.1, 0.15) is 18.1 Å². The molecule has 1 saturated heterocycles. The van der Waals surface area contributed by atoms with Crippen molar-refractivity contribution in [3.05, 3.63) is 23.8 Å². The van der Waals surface area contributed by atoms with Gasteiger partial charge in [0, 0.05) is 18.2 Å². The summed E-state index contributed by atoms with van der Waals surface area (Å²) in [4.78, 5) is 2.52. The lowest BCUT2D eigenvalue weighted by molar-refractivity contribution is 0.188. The Balaban J connectivity index is 1.91. The van der Waals surface area contributed by atoms with E-state index in [9.17, 15) is 0 Å². The molecule has 1 aromatic carbocycles. The predicted molar refractivity (Wildman–Crippen MR) is 61.9 cm³/mol. The topological polar surface area (TPSA) is 21.7 Å². The minimum Gasteiger partial charge on any atom is -0.497 e. The molecule has 0 radical (unpaired) electrons. The van der Waals surface area contributed by atoms with E-state index in [2.05, 4.69) is 11.0 Å². The predicted octanol–water partition coefficient (Wildman–Crippen LogP) is 2.05. The number of hydrogen-bond acceptors (Lipinski definition) is 3. The number of methoxy groups -OCH3 is 1. The summed E-state index contributed by atoms with van der Waals surface area (Å²) in [7, 11) is 1.71. The molecule has 3 nitrogen and oxygen atoms in total. The minimum atomic E-state index is 0.610. The second-order valence-corrected chi connectivity index (χ2v) is 4.55. The molecule has 1 fully saturated rings. The third-order valence-electron chi connectivity index (χ3n) is 3.57. The van der Waals surface area contributed by atoms with Gasteiger partial charge in [0.25, 0.3) is 0 Å². The van der Waals surface area contributed by atoms with Crippen LogP contribution in [-0.2, 0) is 6.54 Å². The van der Waals surface area contributed by atoms with Gasteiger partial charge in [0.2, 0.25) is 0 Å². The Hall–Kier alpha value is -1.22. The zero-order valence-electron chi connectivity index (χ0n) is 9.61. The lowest BCUT2D eigenvalue weighted by Gasteiger charge is -2.19. The van der Waals surface area contributed by atoms with Crippen LogP contribution in [0.5, 0.6) is 11.5 Å². The number of fused-ring (bicyclic) bond motifs is 2. The van der Waals surface area contributed by atoms with Crippen molar-refractivity contribution in [1.82, 2.24) is 4.90 Å². The van der Waals surface area contributed by atoms with Gasteiger partial charge in [0.15, 0.2) is 0 Å². The standard InChI is InChI=1S/C13H17NO2/c1-15-12-4-5-13-10(7-12)8-14-6-2-3-11(14)9-16-13/h4-5,7,11H,2-3,6,8-9H2,1H3/t11-/m0/s1. The molecular formula is C13H17NO2. The van der Waals surface area contributed by atoms with Crippen LogP contribution in [-0.4, -0.2) is 31.2 Å². The normalized spacial score (nSPS) is 24.2. The van der Waals surface area contributed by atoms with Crippen molar-refractivity contribution >= 4 is 0 Å². The Labute approximate surface area is 96.0 Å². The van der Waals surface area contributed by atoms with Crippen LogP contribution in [0, 0.1) is 0 Å². The molecule has 3 heteroatoms. The van der Waals surface area contributed by atoms with Crippen molar-refractivity contribution in [2.24, 2.45) is 0 Å². The first-order chi connectivity index (χ1) is 7.86. The van der Waals surface area contributed by atoms with Gasteiger partial charge in [0.05, 0.1) is 7.11 Å². The third kappa shape index (κ3) is 1.65. The monoisotopic (exact) mass is 219 g/mol. The van der Waals surface area contributed by atoms with Crippen molar-refractivity contribution in [2.75, 3.05) is 20.3 Å². The Bertz CT molecular complexity index is 392. The van der Waals surface area contributed by atoms with Gasteiger partial charge in [-0.1, -0.05) is 0 Å². The van der Waals surface area contributed by atoms with Crippen LogP contribution in [0.25, 0.3) is 0 Å². The minimum absolute atomic E-state index is 0.610. The SMILES string of the molecule is COc1ccc2c(c1)CN1CCC[C@H]1CO2. The molecule has 0 unspecified atom stereocenters. The summed E-state index contributed by atoms with van der Waals surface area (Å²) in [5.74, 6) is 1.94. The maximum Gasteiger partial charge on any atom is 0.124 e. The Morgan fingerprint density at radius 2 is 2.38 bits per heavy atom. The summed E-state index contributed by atoms with van der Waals surface area (Å²) in [6.45, 7) is 3.03. The molecule has 0 spiro atoms. The second kappa shape index (κ2) is 3.98. The van der Waals surface area contributed by atoms with Crippen molar-refractivity contribution < 1.29 is 9.47 Å². The Morgan fingerprint density at radius 3 is 3.25 bits per heavy atom. The molecular weight excluding hydrogens is 202 g/mol. The quantitative estimate of drug-likeness (QED) is 0.721. The van der Waals surface area contributed by atoms with Crippen LogP contribution < -0.4 is 9.47 Å². The molecule has 0 bridgehead atoms. The van der Waals surface area contributed by atoms with Gasteiger partial charge in [-0.3, -0.25) is 4.90 Å². The largest absolute Gasteiger partial charge is 0.497 e. The van der Waals surface area contributed by atoms with Crippen molar-refractivity contribution in [3.63, 3.8) is 0 Å². The highest BCUT2D eigenvalue weighted by molar-refractivity contribution is 5.40. The summed E-state index contributed by atoms with van der Waals surface area (Å²) in [5.41, 5.74) is 1.25. The average molecular weight is 219 g/mol. The fourth-order valence-corrected chi connectivity index (χ4v) is 2.64. The maximum atomic E-state index is 5.86. The summed E-state index contributed by atoms with van der Waals surface area (Å²) >= 11 is 0. The first kappa shape index (κ1) is 9.97. The zero-order valence-corrected chi connectivity index (χ0v) is 9.61. The molecule has 2 heterocycles. The highest BCUT2D eigenvalue weighted by Crippen LogP contribution is 2.31. The molecule has 1 aromatic rings. The average Bonchev–Trinajstić information content (AvgIpc) is 2.68. The lowest BCUT2D eigenvalue weighted by atomic mass is 10.2. The van der Waals surface area contributed by atoms with Crippen molar-refractivity contribution in [2.45, 2.75) is 25.4 Å². The Morgan fingerprint density at radius 1 is 1.44 bits per heavy atom. The first-order valence-electron chi connectivity index (χ1n) is 5.90. The molecule has 0 N–H and O–H groups in total. The van der Waals surface area contributed by atoms with Gasteiger partial charge < -0.3 is 9.47 Å². The summed E-state index contributed by atoms with van der Waals surface area (Å²) in [5, 5.41) is 0. The number of ether oxygens (including phenoxy) is 2. The molecule has 3 rings (SSSR count). The first-order valence-corrected chi connectivity index (χ1v) is 5.90. The number of hydrogen-bond donors (Lipinski definition) is 0. The van der Waals surface area contributed by atoms with Crippen LogP contribution >= 0.6 is 0 Å². The maximum absolute atomic E-state index is 5.86. The van der Waals surface area contributed by atoms with E-state index in [1.54, 1.807) is 7.11 Å². The molecule has 86 valence electrons. The van der Waals surface area contributed by atoms with Crippen LogP contribution in [0.15, 0.2) is 18.2 Å². The van der Waals surface area contributed by atoms with Gasteiger partial charge >= 0.3 is 0 Å². The molecule has 2 aliphatic rings. The van der Waals surface area contributed by atoms with Crippen LogP contribution in [0.4, 0.5) is 0 Å². The summed E-state index contributed by atoms with van der Waals surface area (Å²) < 4.78 is 11.1. The molecule has 0 saturated carbocycles. The van der Waals surface area contributed by atoms with E-state index in [0.29, 0.717) is 6.04 Å². The van der Waals surface area contributed by atoms with E-state index < -0.39 is 0 Å². The van der Waals surface area contributed by atoms with E-state index >= 15 is 0 Å². The zero-order chi connectivity index (χ0) is 11.0. The van der Waals surface area contributed by atoms with Crippen molar-refractivity contribution in [1.29, 1.82) is 0 Å². The van der Waals surface area contributed by atoms with Crippen LogP contribution in [0.2, 0.25) is 0 Å². The highest BCUT2D eigenvalue weighted by atomic mass is 16.5. The lowest BCUT2D eigenvalue weighted by Crippen LogP contribution is -2.31. The molecule has 1 atom stereocenters. The van der Waals surface area contributed by atoms with Crippen molar-refractivity contribution in [3.8, 4) is 11.5 Å². The van der Waals surface area contributed by atoms with Crippen LogP contribution in [0.1, 0.15) is 18.4 Å². The van der Waals surface area contributed by atoms with E-state index in [1.165, 1.54) is 24.9 Å². The number of rotatable bonds is 1. The van der Waals surface area contributed by atoms with E-state index in [0.717, 1.165) is 24.7 Å². The third-order valence-corrected chi connectivity index (χ3v) is 3.57. The second-order valence-electron chi connectivity index (χ2n) is 4.55. The fourth-order valence-electron chi connectivity index (χ4n) is 2.64. The number of benzene rings is 1. The molecule has 0 aliphatic carbocycles. The highest BCUT2D eigenvalue weighted by Gasteiger charge is 2.28. The van der Waals surface area contributed by atoms with E-state index in [-0.39, 0.29) is 0 Å². The van der Waals surface area contributed by atoms with E-state index in [1.807, 2.05) is 12.1 Å². The fraction of sp³-hybridized carbons (Fsp3) is 0.538. The van der Waals surface area contributed by atoms with E-state index in [4.69, 9.17) is 9.47 Å². The van der Waals surface area contributed by atoms with Crippen LogP contribution in [0.3, 0.4) is 0 Å². The summed E-state index contributed by atoms with van der Waals surface area (Å²) in [6.07, 6.45) is 2.57. The smallest absolute Gasteiger partial charge is 0.124 e. The van der Waals surface area contributed by atoms with Gasteiger partial charge in [-0.05, 0) is 37.6 Å². The molecule has 0 amide bonds. The Kier molecular flexibility index (Phi) is 2.48. The molecule has 16 heavy (non-hydrogen) atoms.